The van der Waals surface area contributed by atoms with Gasteiger partial charge in [0, 0.05) is 6.20 Å². The Labute approximate surface area is 138 Å². The van der Waals surface area contributed by atoms with E-state index in [0.717, 1.165) is 0 Å². The van der Waals surface area contributed by atoms with Crippen LogP contribution in [-0.2, 0) is 9.84 Å². The number of anilines is 2. The summed E-state index contributed by atoms with van der Waals surface area (Å²) in [6.07, 6.45) is 3.06. The molecule has 1 amide bonds. The normalized spacial score (nSPS) is 11.5. The number of imidazole rings is 1. The average Bonchev–Trinajstić information content (AvgIpc) is 3.01. The number of aromatic nitrogens is 3. The number of hydrogen-bond donors (Lipinski definition) is 2. The Bertz CT molecular complexity index is 994. The van der Waals surface area contributed by atoms with Gasteiger partial charge < -0.3 is 11.1 Å². The standard InChI is InChI=1S/C15H15N5O3S/c1-2-24(22,23)10-5-6-11(16)12(8-10)19-15(21)13-9-20-14(18-13)4-3-7-17-20/h3-9H,2,16H2,1H3,(H,19,21). The van der Waals surface area contributed by atoms with Crippen molar-refractivity contribution >= 4 is 32.8 Å². The summed E-state index contributed by atoms with van der Waals surface area (Å²) in [6, 6.07) is 7.63. The first-order valence-corrected chi connectivity index (χ1v) is 8.80. The molecule has 1 aromatic carbocycles. The maximum atomic E-state index is 12.3. The Morgan fingerprint density at radius 3 is 2.83 bits per heavy atom. The van der Waals surface area contributed by atoms with Crippen LogP contribution in [0.1, 0.15) is 17.4 Å². The molecule has 0 saturated carbocycles. The number of nitrogen functional groups attached to an aromatic ring is 1. The summed E-state index contributed by atoms with van der Waals surface area (Å²) in [7, 11) is -3.39. The third-order valence-corrected chi connectivity index (χ3v) is 5.21. The van der Waals surface area contributed by atoms with E-state index in [4.69, 9.17) is 5.73 Å². The molecule has 24 heavy (non-hydrogen) atoms. The van der Waals surface area contributed by atoms with Gasteiger partial charge in [-0.25, -0.2) is 17.9 Å². The van der Waals surface area contributed by atoms with Crippen LogP contribution in [0.15, 0.2) is 47.6 Å². The van der Waals surface area contributed by atoms with Crippen molar-refractivity contribution in [3.63, 3.8) is 0 Å². The van der Waals surface area contributed by atoms with Gasteiger partial charge >= 0.3 is 0 Å². The molecule has 0 unspecified atom stereocenters. The molecular weight excluding hydrogens is 330 g/mol. The number of nitrogens with one attached hydrogen (secondary N) is 1. The van der Waals surface area contributed by atoms with Gasteiger partial charge in [0.05, 0.1) is 28.2 Å². The fraction of sp³-hybridized carbons (Fsp3) is 0.133. The van der Waals surface area contributed by atoms with Crippen LogP contribution in [0, 0.1) is 0 Å². The molecule has 0 aliphatic rings. The molecule has 0 radical (unpaired) electrons. The van der Waals surface area contributed by atoms with E-state index in [1.54, 1.807) is 25.3 Å². The van der Waals surface area contributed by atoms with Crippen LogP contribution in [0.25, 0.3) is 5.65 Å². The topological polar surface area (TPSA) is 119 Å². The highest BCUT2D eigenvalue weighted by molar-refractivity contribution is 7.91. The Kier molecular flexibility index (Phi) is 3.94. The zero-order chi connectivity index (χ0) is 17.3. The molecule has 0 spiro atoms. The molecule has 0 aliphatic carbocycles. The number of hydrogen-bond acceptors (Lipinski definition) is 6. The van der Waals surface area contributed by atoms with E-state index < -0.39 is 15.7 Å². The first-order valence-electron chi connectivity index (χ1n) is 7.15. The lowest BCUT2D eigenvalue weighted by molar-refractivity contribution is 0.102. The fourth-order valence-electron chi connectivity index (χ4n) is 2.13. The van der Waals surface area contributed by atoms with Gasteiger partial charge in [-0.3, -0.25) is 4.79 Å². The second-order valence-corrected chi connectivity index (χ2v) is 7.34. The van der Waals surface area contributed by atoms with Gasteiger partial charge in [-0.2, -0.15) is 5.10 Å². The lowest BCUT2D eigenvalue weighted by Crippen LogP contribution is -2.14. The lowest BCUT2D eigenvalue weighted by atomic mass is 10.2. The fourth-order valence-corrected chi connectivity index (χ4v) is 3.04. The quantitative estimate of drug-likeness (QED) is 0.689. The number of rotatable bonds is 4. The Morgan fingerprint density at radius 1 is 1.33 bits per heavy atom. The monoisotopic (exact) mass is 345 g/mol. The number of sulfone groups is 1. The highest BCUT2D eigenvalue weighted by atomic mass is 32.2. The van der Waals surface area contributed by atoms with E-state index in [1.165, 1.54) is 28.9 Å². The molecule has 0 fully saturated rings. The van der Waals surface area contributed by atoms with Gasteiger partial charge in [0.1, 0.15) is 5.69 Å². The molecule has 0 aliphatic heterocycles. The zero-order valence-electron chi connectivity index (χ0n) is 12.8. The second kappa shape index (κ2) is 5.93. The van der Waals surface area contributed by atoms with E-state index in [2.05, 4.69) is 15.4 Å². The molecule has 0 atom stereocenters. The summed E-state index contributed by atoms with van der Waals surface area (Å²) in [5, 5.41) is 6.63. The third kappa shape index (κ3) is 2.93. The summed E-state index contributed by atoms with van der Waals surface area (Å²) in [5.74, 6) is -0.541. The van der Waals surface area contributed by atoms with E-state index >= 15 is 0 Å². The van der Waals surface area contributed by atoms with Crippen LogP contribution in [-0.4, -0.2) is 34.7 Å². The van der Waals surface area contributed by atoms with Crippen molar-refractivity contribution in [3.05, 3.63) is 48.4 Å². The minimum atomic E-state index is -3.39. The van der Waals surface area contributed by atoms with Gasteiger partial charge in [0.2, 0.25) is 0 Å². The molecule has 3 N–H and O–H groups in total. The Morgan fingerprint density at radius 2 is 2.12 bits per heavy atom. The van der Waals surface area contributed by atoms with E-state index in [1.807, 2.05) is 0 Å². The van der Waals surface area contributed by atoms with Crippen molar-refractivity contribution in [2.75, 3.05) is 16.8 Å². The molecule has 124 valence electrons. The van der Waals surface area contributed by atoms with Gasteiger partial charge in [-0.05, 0) is 30.3 Å². The highest BCUT2D eigenvalue weighted by Gasteiger charge is 2.16. The third-order valence-electron chi connectivity index (χ3n) is 3.48. The summed E-state index contributed by atoms with van der Waals surface area (Å²) in [5.41, 5.74) is 6.99. The molecule has 0 saturated heterocycles. The predicted molar refractivity (Wildman–Crippen MR) is 89.5 cm³/mol. The lowest BCUT2D eigenvalue weighted by Gasteiger charge is -2.09. The number of benzene rings is 1. The first kappa shape index (κ1) is 15.9. The van der Waals surface area contributed by atoms with Crippen molar-refractivity contribution in [2.24, 2.45) is 0 Å². The van der Waals surface area contributed by atoms with Crippen molar-refractivity contribution in [3.8, 4) is 0 Å². The summed E-state index contributed by atoms with van der Waals surface area (Å²) in [4.78, 5) is 16.6. The number of fused-ring (bicyclic) bond motifs is 1. The van der Waals surface area contributed by atoms with Gasteiger partial charge in [-0.1, -0.05) is 6.92 Å². The summed E-state index contributed by atoms with van der Waals surface area (Å²) >= 11 is 0. The molecule has 3 aromatic rings. The summed E-state index contributed by atoms with van der Waals surface area (Å²) < 4.78 is 25.4. The SMILES string of the molecule is CCS(=O)(=O)c1ccc(N)c(NC(=O)c2cn3ncccc3n2)c1. The van der Waals surface area contributed by atoms with Crippen LogP contribution in [0.3, 0.4) is 0 Å². The molecule has 2 heterocycles. The minimum Gasteiger partial charge on any atom is -0.397 e. The van der Waals surface area contributed by atoms with Gasteiger partial charge in [0.25, 0.3) is 5.91 Å². The maximum absolute atomic E-state index is 12.3. The zero-order valence-corrected chi connectivity index (χ0v) is 13.6. The highest BCUT2D eigenvalue weighted by Crippen LogP contribution is 2.24. The number of nitrogens with zero attached hydrogens (tertiary/aromatic N) is 3. The van der Waals surface area contributed by atoms with Crippen LogP contribution < -0.4 is 11.1 Å². The number of nitrogens with two attached hydrogens (primary N) is 1. The van der Waals surface area contributed by atoms with Crippen LogP contribution in [0.5, 0.6) is 0 Å². The molecule has 0 bridgehead atoms. The maximum Gasteiger partial charge on any atom is 0.276 e. The van der Waals surface area contributed by atoms with E-state index in [0.29, 0.717) is 5.65 Å². The second-order valence-electron chi connectivity index (χ2n) is 5.06. The Hall–Kier alpha value is -2.94. The van der Waals surface area contributed by atoms with E-state index in [-0.39, 0.29) is 27.7 Å². The average molecular weight is 345 g/mol. The van der Waals surface area contributed by atoms with Crippen LogP contribution in [0.4, 0.5) is 11.4 Å². The van der Waals surface area contributed by atoms with Crippen molar-refractivity contribution in [2.45, 2.75) is 11.8 Å². The first-order chi connectivity index (χ1) is 11.4. The van der Waals surface area contributed by atoms with Gasteiger partial charge in [0.15, 0.2) is 15.5 Å². The minimum absolute atomic E-state index is 0.0393. The van der Waals surface area contributed by atoms with Crippen LogP contribution in [0.2, 0.25) is 0 Å². The molecular formula is C15H15N5O3S. The molecule has 3 rings (SSSR count). The molecule has 9 heteroatoms. The van der Waals surface area contributed by atoms with Crippen LogP contribution >= 0.6 is 0 Å². The largest absolute Gasteiger partial charge is 0.397 e. The number of amides is 1. The van der Waals surface area contributed by atoms with Crippen molar-refractivity contribution in [1.82, 2.24) is 14.6 Å². The summed E-state index contributed by atoms with van der Waals surface area (Å²) in [6.45, 7) is 1.55. The van der Waals surface area contributed by atoms with Gasteiger partial charge in [-0.15, -0.1) is 0 Å². The molecule has 8 nitrogen and oxygen atoms in total. The van der Waals surface area contributed by atoms with Crippen molar-refractivity contribution < 1.29 is 13.2 Å². The van der Waals surface area contributed by atoms with Crippen molar-refractivity contribution in [1.29, 1.82) is 0 Å². The number of carbonyl (C=O) groups is 1. The Balaban J connectivity index is 1.92. The number of carbonyl (C=O) groups excluding carboxylic acids is 1. The van der Waals surface area contributed by atoms with E-state index in [9.17, 15) is 13.2 Å². The predicted octanol–water partition coefficient (Wildman–Crippen LogP) is 1.36. The smallest absolute Gasteiger partial charge is 0.276 e. The molecule has 2 aromatic heterocycles.